The second-order valence-corrected chi connectivity index (χ2v) is 5.61. The van der Waals surface area contributed by atoms with E-state index in [0.717, 1.165) is 16.8 Å². The summed E-state index contributed by atoms with van der Waals surface area (Å²) in [5, 5.41) is 15.1. The molecule has 0 fully saturated rings. The fraction of sp³-hybridized carbons (Fsp3) is 0.0526. The summed E-state index contributed by atoms with van der Waals surface area (Å²) in [5.41, 5.74) is 3.58. The zero-order valence-electron chi connectivity index (χ0n) is 13.2. The van der Waals surface area contributed by atoms with Crippen LogP contribution in [0.5, 0.6) is 0 Å². The highest BCUT2D eigenvalue weighted by molar-refractivity contribution is 6.31. The van der Waals surface area contributed by atoms with E-state index in [0.29, 0.717) is 22.7 Å². The first-order chi connectivity index (χ1) is 12.2. The van der Waals surface area contributed by atoms with Gasteiger partial charge < -0.3 is 20.2 Å². The predicted molar refractivity (Wildman–Crippen MR) is 94.5 cm³/mol. The molecule has 2 aromatic heterocycles. The highest BCUT2D eigenvalue weighted by Crippen LogP contribution is 2.33. The second kappa shape index (κ2) is 6.26. The molecule has 1 amide bonds. The highest BCUT2D eigenvalue weighted by Gasteiger charge is 2.26. The summed E-state index contributed by atoms with van der Waals surface area (Å²) in [5.74, 6) is 1.000. The van der Waals surface area contributed by atoms with Crippen LogP contribution < -0.4 is 10.6 Å². The first kappa shape index (κ1) is 15.2. The summed E-state index contributed by atoms with van der Waals surface area (Å²) in [6, 6.07) is 12.9. The van der Waals surface area contributed by atoms with Gasteiger partial charge in [0.2, 0.25) is 0 Å². The molecule has 25 heavy (non-hydrogen) atoms. The molecule has 1 aliphatic rings. The quantitative estimate of drug-likeness (QED) is 0.638. The predicted octanol–water partition coefficient (Wildman–Crippen LogP) is 3.24. The Bertz CT molecular complexity index is 962. The molecule has 0 saturated carbocycles. The summed E-state index contributed by atoms with van der Waals surface area (Å²) in [4.78, 5) is 16.6. The van der Waals surface area contributed by atoms with E-state index in [4.69, 9.17) is 4.42 Å². The van der Waals surface area contributed by atoms with Gasteiger partial charge in [0.05, 0.1) is 18.4 Å². The van der Waals surface area contributed by atoms with Crippen LogP contribution in [0.3, 0.4) is 0 Å². The Labute approximate surface area is 143 Å². The number of benzene rings is 1. The first-order valence-corrected chi connectivity index (χ1v) is 7.77. The van der Waals surface area contributed by atoms with Crippen molar-refractivity contribution in [1.29, 1.82) is 0 Å². The molecule has 3 aromatic rings. The highest BCUT2D eigenvalue weighted by atomic mass is 16.3. The first-order valence-electron chi connectivity index (χ1n) is 7.77. The van der Waals surface area contributed by atoms with Gasteiger partial charge in [-0.15, -0.1) is 0 Å². The molecule has 0 radical (unpaired) electrons. The Balaban J connectivity index is 1.67. The van der Waals surface area contributed by atoms with E-state index >= 15 is 0 Å². The van der Waals surface area contributed by atoms with E-state index in [1.165, 1.54) is 0 Å². The van der Waals surface area contributed by atoms with Crippen LogP contribution in [0.4, 0.5) is 11.5 Å². The zero-order chi connectivity index (χ0) is 17.2. The number of nitrogens with zero attached hydrogens (tertiary/aromatic N) is 1. The van der Waals surface area contributed by atoms with Gasteiger partial charge in [0, 0.05) is 29.2 Å². The minimum Gasteiger partial charge on any atom is -0.464 e. The summed E-state index contributed by atoms with van der Waals surface area (Å²) >= 11 is 0. The number of aliphatic hydroxyl groups is 1. The van der Waals surface area contributed by atoms with Crippen LogP contribution in [0, 0.1) is 0 Å². The molecule has 3 N–H and O–H groups in total. The molecule has 0 unspecified atom stereocenters. The minimum atomic E-state index is -0.218. The van der Waals surface area contributed by atoms with Gasteiger partial charge in [-0.25, -0.2) is 4.98 Å². The second-order valence-electron chi connectivity index (χ2n) is 5.61. The topological polar surface area (TPSA) is 87.4 Å². The van der Waals surface area contributed by atoms with Crippen molar-refractivity contribution in [3.05, 3.63) is 72.3 Å². The molecular weight excluding hydrogens is 318 g/mol. The number of anilines is 2. The van der Waals surface area contributed by atoms with Gasteiger partial charge >= 0.3 is 0 Å². The molecule has 124 valence electrons. The summed E-state index contributed by atoms with van der Waals surface area (Å²) in [6.45, 7) is -0.0359. The average molecular weight is 333 g/mol. The van der Waals surface area contributed by atoms with E-state index in [1.54, 1.807) is 24.7 Å². The van der Waals surface area contributed by atoms with E-state index in [1.807, 2.05) is 36.4 Å². The molecule has 3 heterocycles. The summed E-state index contributed by atoms with van der Waals surface area (Å²) in [7, 11) is 0. The number of aliphatic hydroxyl groups excluding tert-OH is 1. The Hall–Kier alpha value is -3.38. The van der Waals surface area contributed by atoms with Gasteiger partial charge in [-0.1, -0.05) is 12.1 Å². The Morgan fingerprint density at radius 3 is 2.96 bits per heavy atom. The zero-order valence-corrected chi connectivity index (χ0v) is 13.2. The van der Waals surface area contributed by atoms with E-state index in [9.17, 15) is 9.90 Å². The van der Waals surface area contributed by atoms with E-state index < -0.39 is 0 Å². The van der Waals surface area contributed by atoms with E-state index in [-0.39, 0.29) is 12.5 Å². The van der Waals surface area contributed by atoms with Gasteiger partial charge in [0.15, 0.2) is 0 Å². The van der Waals surface area contributed by atoms with Crippen LogP contribution in [0.1, 0.15) is 11.1 Å². The summed E-state index contributed by atoms with van der Waals surface area (Å²) in [6.07, 6.45) is 4.91. The summed E-state index contributed by atoms with van der Waals surface area (Å²) < 4.78 is 5.39. The fourth-order valence-corrected chi connectivity index (χ4v) is 2.70. The van der Waals surface area contributed by atoms with Crippen LogP contribution in [-0.2, 0) is 11.4 Å². The molecule has 6 nitrogen and oxygen atoms in total. The Morgan fingerprint density at radius 1 is 1.24 bits per heavy atom. The SMILES string of the molecule is O=C1Nc2ncc(-c3ccco3)cc2C1=CNc1cccc(CO)c1. The van der Waals surface area contributed by atoms with Crippen molar-refractivity contribution in [3.63, 3.8) is 0 Å². The van der Waals surface area contributed by atoms with Crippen molar-refractivity contribution in [2.24, 2.45) is 0 Å². The number of aromatic nitrogens is 1. The molecule has 0 aliphatic carbocycles. The van der Waals surface area contributed by atoms with Crippen LogP contribution in [0.15, 0.2) is 65.5 Å². The van der Waals surface area contributed by atoms with Gasteiger partial charge in [0.1, 0.15) is 11.6 Å². The van der Waals surface area contributed by atoms with E-state index in [2.05, 4.69) is 15.6 Å². The standard InChI is InChI=1S/C19H15N3O3/c23-11-12-3-1-4-14(7-12)20-10-16-15-8-13(17-5-2-6-25-17)9-21-18(15)22-19(16)24/h1-10,20,23H,11H2,(H,21,22,24). The number of furan rings is 1. The number of nitrogens with one attached hydrogen (secondary N) is 2. The van der Waals surface area contributed by atoms with Crippen molar-refractivity contribution in [1.82, 2.24) is 4.98 Å². The Kier molecular flexibility index (Phi) is 3.80. The monoisotopic (exact) mass is 333 g/mol. The Morgan fingerprint density at radius 2 is 2.16 bits per heavy atom. The average Bonchev–Trinajstić information content (AvgIpc) is 3.27. The maximum Gasteiger partial charge on any atom is 0.259 e. The van der Waals surface area contributed by atoms with Crippen LogP contribution >= 0.6 is 0 Å². The molecule has 0 atom stereocenters. The van der Waals surface area contributed by atoms with Crippen molar-refractivity contribution < 1.29 is 14.3 Å². The van der Waals surface area contributed by atoms with Crippen molar-refractivity contribution >= 4 is 23.0 Å². The number of carbonyl (C=O) groups is 1. The molecule has 1 aromatic carbocycles. The lowest BCUT2D eigenvalue weighted by Crippen LogP contribution is -2.05. The molecule has 6 heteroatoms. The number of fused-ring (bicyclic) bond motifs is 1. The van der Waals surface area contributed by atoms with Crippen LogP contribution in [0.2, 0.25) is 0 Å². The number of rotatable bonds is 4. The third-order valence-corrected chi connectivity index (χ3v) is 3.95. The molecule has 0 saturated heterocycles. The molecule has 1 aliphatic heterocycles. The third-order valence-electron chi connectivity index (χ3n) is 3.95. The maximum absolute atomic E-state index is 12.3. The van der Waals surface area contributed by atoms with Crippen molar-refractivity contribution in [2.75, 3.05) is 10.6 Å². The van der Waals surface area contributed by atoms with Crippen LogP contribution in [0.25, 0.3) is 16.9 Å². The minimum absolute atomic E-state index is 0.0359. The van der Waals surface area contributed by atoms with Gasteiger partial charge in [-0.2, -0.15) is 0 Å². The maximum atomic E-state index is 12.3. The molecule has 4 rings (SSSR count). The van der Waals surface area contributed by atoms with Gasteiger partial charge in [-0.3, -0.25) is 4.79 Å². The number of pyridine rings is 1. The van der Waals surface area contributed by atoms with Crippen molar-refractivity contribution in [3.8, 4) is 11.3 Å². The third kappa shape index (κ3) is 2.90. The lowest BCUT2D eigenvalue weighted by molar-refractivity contribution is -0.110. The molecule has 0 spiro atoms. The fourth-order valence-electron chi connectivity index (χ4n) is 2.70. The smallest absolute Gasteiger partial charge is 0.259 e. The largest absolute Gasteiger partial charge is 0.464 e. The van der Waals surface area contributed by atoms with Crippen LogP contribution in [-0.4, -0.2) is 16.0 Å². The number of carbonyl (C=O) groups excluding carboxylic acids is 1. The molecular formula is C19H15N3O3. The van der Waals surface area contributed by atoms with Gasteiger partial charge in [-0.05, 0) is 35.9 Å². The lowest BCUT2D eigenvalue weighted by atomic mass is 10.1. The molecule has 0 bridgehead atoms. The normalized spacial score (nSPS) is 14.4. The lowest BCUT2D eigenvalue weighted by Gasteiger charge is -2.05. The number of hydrogen-bond donors (Lipinski definition) is 3. The van der Waals surface area contributed by atoms with Gasteiger partial charge in [0.25, 0.3) is 5.91 Å². The van der Waals surface area contributed by atoms with Crippen molar-refractivity contribution in [2.45, 2.75) is 6.61 Å². The number of amides is 1. The number of hydrogen-bond acceptors (Lipinski definition) is 5.